The number of carbonyl (C=O) groups excluding carboxylic acids is 1. The molecule has 0 saturated carbocycles. The molecule has 0 atom stereocenters. The number of nitrogens with one attached hydrogen (secondary N) is 2. The minimum atomic E-state index is -0.865. The molecule has 0 bridgehead atoms. The van der Waals surface area contributed by atoms with E-state index in [1.807, 2.05) is 30.3 Å². The first kappa shape index (κ1) is 14.6. The van der Waals surface area contributed by atoms with E-state index < -0.39 is 5.97 Å². The Bertz CT molecular complexity index is 474. The number of carboxylic acids is 1. The Morgan fingerprint density at radius 2 is 1.89 bits per heavy atom. The van der Waals surface area contributed by atoms with Crippen LogP contribution in [0, 0.1) is 11.8 Å². The van der Waals surface area contributed by atoms with Gasteiger partial charge < -0.3 is 15.7 Å². The van der Waals surface area contributed by atoms with Gasteiger partial charge in [0.2, 0.25) is 0 Å². The second-order valence-corrected chi connectivity index (χ2v) is 3.77. The molecule has 2 amide bonds. The highest BCUT2D eigenvalue weighted by Crippen LogP contribution is 1.94. The smallest absolute Gasteiger partial charge is 0.315 e. The first-order valence-corrected chi connectivity index (χ1v) is 5.96. The van der Waals surface area contributed by atoms with Crippen molar-refractivity contribution in [3.63, 3.8) is 0 Å². The van der Waals surface area contributed by atoms with Crippen molar-refractivity contribution in [2.75, 3.05) is 13.1 Å². The van der Waals surface area contributed by atoms with Gasteiger partial charge in [0.15, 0.2) is 0 Å². The predicted octanol–water partition coefficient (Wildman–Crippen LogP) is 1.20. The highest BCUT2D eigenvalue weighted by Gasteiger charge is 1.99. The second-order valence-electron chi connectivity index (χ2n) is 3.77. The molecule has 1 rings (SSSR count). The van der Waals surface area contributed by atoms with Crippen molar-refractivity contribution in [1.29, 1.82) is 0 Å². The van der Waals surface area contributed by atoms with Gasteiger partial charge in [0.05, 0.1) is 6.54 Å². The van der Waals surface area contributed by atoms with Gasteiger partial charge in [-0.2, -0.15) is 0 Å². The maximum atomic E-state index is 11.3. The number of hydrogen-bond donors (Lipinski definition) is 3. The van der Waals surface area contributed by atoms with Crippen LogP contribution < -0.4 is 10.6 Å². The number of carboxylic acid groups (broad SMARTS) is 1. The van der Waals surface area contributed by atoms with Gasteiger partial charge in [-0.15, -0.1) is 0 Å². The van der Waals surface area contributed by atoms with Gasteiger partial charge in [0, 0.05) is 18.5 Å². The number of amides is 2. The Kier molecular flexibility index (Phi) is 6.59. The monoisotopic (exact) mass is 260 g/mol. The summed E-state index contributed by atoms with van der Waals surface area (Å²) in [5.74, 6) is 4.87. The molecule has 0 unspecified atom stereocenters. The van der Waals surface area contributed by atoms with Crippen LogP contribution in [0.1, 0.15) is 18.4 Å². The number of aliphatic carboxylic acids is 1. The van der Waals surface area contributed by atoms with E-state index in [2.05, 4.69) is 22.5 Å². The molecule has 5 heteroatoms. The van der Waals surface area contributed by atoms with Crippen LogP contribution in [0.3, 0.4) is 0 Å². The Labute approximate surface area is 112 Å². The summed E-state index contributed by atoms with van der Waals surface area (Å²) in [5, 5.41) is 13.5. The molecule has 0 radical (unpaired) electrons. The molecular formula is C14H16N2O3. The van der Waals surface area contributed by atoms with Crippen LogP contribution in [0.2, 0.25) is 0 Å². The summed E-state index contributed by atoms with van der Waals surface area (Å²) in [5.41, 5.74) is 0.895. The van der Waals surface area contributed by atoms with Gasteiger partial charge in [0.25, 0.3) is 0 Å². The molecule has 0 saturated heterocycles. The molecular weight excluding hydrogens is 244 g/mol. The summed E-state index contributed by atoms with van der Waals surface area (Å²) in [6.45, 7) is 0.587. The molecule has 5 nitrogen and oxygen atoms in total. The van der Waals surface area contributed by atoms with Crippen molar-refractivity contribution in [3.8, 4) is 11.8 Å². The summed E-state index contributed by atoms with van der Waals surface area (Å²) in [4.78, 5) is 21.5. The summed E-state index contributed by atoms with van der Waals surface area (Å²) in [6, 6.07) is 9.14. The van der Waals surface area contributed by atoms with Crippen molar-refractivity contribution in [2.24, 2.45) is 0 Å². The third kappa shape index (κ3) is 7.45. The van der Waals surface area contributed by atoms with Crippen molar-refractivity contribution < 1.29 is 14.7 Å². The molecule has 1 aromatic carbocycles. The lowest BCUT2D eigenvalue weighted by molar-refractivity contribution is -0.137. The van der Waals surface area contributed by atoms with Crippen molar-refractivity contribution in [1.82, 2.24) is 10.6 Å². The minimum absolute atomic E-state index is 0.0497. The van der Waals surface area contributed by atoms with E-state index in [1.54, 1.807) is 0 Å². The number of urea groups is 1. The molecule has 0 aromatic heterocycles. The zero-order valence-electron chi connectivity index (χ0n) is 10.5. The van der Waals surface area contributed by atoms with E-state index in [0.29, 0.717) is 13.0 Å². The first-order chi connectivity index (χ1) is 9.18. The Morgan fingerprint density at radius 3 is 2.58 bits per heavy atom. The zero-order chi connectivity index (χ0) is 13.9. The fourth-order valence-corrected chi connectivity index (χ4v) is 1.30. The van der Waals surface area contributed by atoms with Crippen molar-refractivity contribution in [3.05, 3.63) is 35.9 Å². The van der Waals surface area contributed by atoms with Crippen molar-refractivity contribution in [2.45, 2.75) is 12.8 Å². The number of hydrogen-bond acceptors (Lipinski definition) is 2. The molecule has 0 heterocycles. The average Bonchev–Trinajstić information content (AvgIpc) is 2.41. The maximum absolute atomic E-state index is 11.3. The topological polar surface area (TPSA) is 78.4 Å². The third-order valence-electron chi connectivity index (χ3n) is 2.20. The van der Waals surface area contributed by atoms with E-state index in [1.165, 1.54) is 0 Å². The summed E-state index contributed by atoms with van der Waals surface area (Å²) in [6.07, 6.45) is 0.465. The average molecular weight is 260 g/mol. The number of rotatable bonds is 5. The van der Waals surface area contributed by atoms with Crippen LogP contribution in [0.5, 0.6) is 0 Å². The van der Waals surface area contributed by atoms with Crippen LogP contribution in [-0.4, -0.2) is 30.2 Å². The van der Waals surface area contributed by atoms with Crippen molar-refractivity contribution >= 4 is 12.0 Å². The quantitative estimate of drug-likeness (QED) is 0.550. The molecule has 100 valence electrons. The van der Waals surface area contributed by atoms with Gasteiger partial charge in [0.1, 0.15) is 0 Å². The fraction of sp³-hybridized carbons (Fsp3) is 0.286. The van der Waals surface area contributed by atoms with Crippen LogP contribution in [0.25, 0.3) is 0 Å². The van der Waals surface area contributed by atoms with Gasteiger partial charge in [-0.3, -0.25) is 4.79 Å². The second kappa shape index (κ2) is 8.59. The largest absolute Gasteiger partial charge is 0.481 e. The molecule has 0 aliphatic rings. The molecule has 0 spiro atoms. The predicted molar refractivity (Wildman–Crippen MR) is 71.6 cm³/mol. The summed E-state index contributed by atoms with van der Waals surface area (Å²) in [7, 11) is 0. The lowest BCUT2D eigenvalue weighted by atomic mass is 10.2. The van der Waals surface area contributed by atoms with Crippen LogP contribution >= 0.6 is 0 Å². The van der Waals surface area contributed by atoms with Crippen LogP contribution in [0.4, 0.5) is 4.79 Å². The fourth-order valence-electron chi connectivity index (χ4n) is 1.30. The molecule has 0 aliphatic carbocycles. The standard InChI is InChI=1S/C14H16N2O3/c17-13(18)9-5-11-16-14(19)15-10-4-8-12-6-2-1-3-7-12/h1-3,6-7H,5,9-11H2,(H,17,18)(H2,15,16,19). The number of carbonyl (C=O) groups is 2. The lowest BCUT2D eigenvalue weighted by Crippen LogP contribution is -2.36. The van der Waals surface area contributed by atoms with E-state index >= 15 is 0 Å². The summed E-state index contributed by atoms with van der Waals surface area (Å²) < 4.78 is 0. The minimum Gasteiger partial charge on any atom is -0.481 e. The van der Waals surface area contributed by atoms with Gasteiger partial charge in [-0.05, 0) is 18.6 Å². The van der Waals surface area contributed by atoms with E-state index in [9.17, 15) is 9.59 Å². The lowest BCUT2D eigenvalue weighted by Gasteiger charge is -2.03. The maximum Gasteiger partial charge on any atom is 0.315 e. The first-order valence-electron chi connectivity index (χ1n) is 5.96. The zero-order valence-corrected chi connectivity index (χ0v) is 10.5. The molecule has 3 N–H and O–H groups in total. The highest BCUT2D eigenvalue weighted by molar-refractivity contribution is 5.74. The van der Waals surface area contributed by atoms with Gasteiger partial charge in [-0.25, -0.2) is 4.79 Å². The third-order valence-corrected chi connectivity index (χ3v) is 2.20. The van der Waals surface area contributed by atoms with E-state index in [-0.39, 0.29) is 19.0 Å². The van der Waals surface area contributed by atoms with Gasteiger partial charge in [-0.1, -0.05) is 30.0 Å². The van der Waals surface area contributed by atoms with Gasteiger partial charge >= 0.3 is 12.0 Å². The van der Waals surface area contributed by atoms with Crippen LogP contribution in [-0.2, 0) is 4.79 Å². The highest BCUT2D eigenvalue weighted by atomic mass is 16.4. The Morgan fingerprint density at radius 1 is 1.16 bits per heavy atom. The molecule has 1 aromatic rings. The SMILES string of the molecule is O=C(O)CCCNC(=O)NCC#Cc1ccccc1. The molecule has 0 fully saturated rings. The van der Waals surface area contributed by atoms with E-state index in [4.69, 9.17) is 5.11 Å². The van der Waals surface area contributed by atoms with E-state index in [0.717, 1.165) is 5.56 Å². The Balaban J connectivity index is 2.14. The summed E-state index contributed by atoms with van der Waals surface area (Å²) >= 11 is 0. The normalized spacial score (nSPS) is 9.05. The van der Waals surface area contributed by atoms with Crippen LogP contribution in [0.15, 0.2) is 30.3 Å². The Hall–Kier alpha value is -2.48. The molecule has 0 aliphatic heterocycles. The molecule has 19 heavy (non-hydrogen) atoms. The number of benzene rings is 1.